The normalized spacial score (nSPS) is 14.8. The van der Waals surface area contributed by atoms with E-state index in [1.165, 1.54) is 0 Å². The lowest BCUT2D eigenvalue weighted by molar-refractivity contribution is -0.364. The molecule has 5 heteroatoms. The number of anilines is 1. The van der Waals surface area contributed by atoms with Gasteiger partial charge in [-0.05, 0) is 17.2 Å². The summed E-state index contributed by atoms with van der Waals surface area (Å²) in [7, 11) is 0. The largest absolute Gasteiger partial charge is 0.372 e. The van der Waals surface area contributed by atoms with Gasteiger partial charge >= 0.3 is 0 Å². The van der Waals surface area contributed by atoms with Gasteiger partial charge in [0, 0.05) is 6.07 Å². The fourth-order valence-corrected chi connectivity index (χ4v) is 3.73. The summed E-state index contributed by atoms with van der Waals surface area (Å²) in [6.07, 6.45) is 1.90. The van der Waals surface area contributed by atoms with Crippen molar-refractivity contribution in [2.24, 2.45) is 0 Å². The maximum Gasteiger partial charge on any atom is 0.274 e. The van der Waals surface area contributed by atoms with Crippen molar-refractivity contribution in [1.29, 1.82) is 0 Å². The molecule has 1 aliphatic heterocycles. The van der Waals surface area contributed by atoms with Crippen LogP contribution in [-0.2, 0) is 10.4 Å². The van der Waals surface area contributed by atoms with Crippen LogP contribution < -0.4 is 9.88 Å². The standard InChI is InChI=1S/C23H23N3O2/c27-22(26-17-15-25(16-18-26)21-13-7-8-14-24-21)23(28,19-9-3-1-4-10-19)20-11-5-2-6-12-20/h1-14,28H,15-18H2/p+1. The fraction of sp³-hybridized carbons (Fsp3) is 0.217. The number of aliphatic hydroxyl groups is 1. The third-order valence-electron chi connectivity index (χ3n) is 5.29. The minimum Gasteiger partial charge on any atom is -0.372 e. The molecular weight excluding hydrogens is 350 g/mol. The lowest BCUT2D eigenvalue weighted by Crippen LogP contribution is -2.55. The topological polar surface area (TPSA) is 57.9 Å². The predicted molar refractivity (Wildman–Crippen MR) is 108 cm³/mol. The van der Waals surface area contributed by atoms with Gasteiger partial charge in [0.1, 0.15) is 13.1 Å². The second kappa shape index (κ2) is 7.82. The van der Waals surface area contributed by atoms with Crippen LogP contribution in [0, 0.1) is 0 Å². The highest BCUT2D eigenvalue weighted by Crippen LogP contribution is 2.32. The highest BCUT2D eigenvalue weighted by Gasteiger charge is 2.43. The van der Waals surface area contributed by atoms with E-state index in [1.807, 2.05) is 60.8 Å². The summed E-state index contributed by atoms with van der Waals surface area (Å²) in [5.74, 6) is 0.762. The van der Waals surface area contributed by atoms with E-state index in [4.69, 9.17) is 0 Å². The second-order valence-electron chi connectivity index (χ2n) is 6.97. The average Bonchev–Trinajstić information content (AvgIpc) is 2.80. The number of pyridine rings is 1. The predicted octanol–water partition coefficient (Wildman–Crippen LogP) is 2.09. The molecule has 2 aromatic carbocycles. The Kier molecular flexibility index (Phi) is 5.08. The highest BCUT2D eigenvalue weighted by atomic mass is 16.3. The number of aromatic nitrogens is 1. The molecule has 0 bridgehead atoms. The molecule has 1 amide bonds. The number of H-pyrrole nitrogens is 1. The van der Waals surface area contributed by atoms with E-state index < -0.39 is 5.60 Å². The van der Waals surface area contributed by atoms with Crippen LogP contribution in [-0.4, -0.2) is 42.1 Å². The van der Waals surface area contributed by atoms with E-state index in [-0.39, 0.29) is 5.91 Å². The Morgan fingerprint density at radius 1 is 0.786 bits per heavy atom. The zero-order chi connectivity index (χ0) is 19.4. The average molecular weight is 374 g/mol. The molecule has 1 aliphatic rings. The van der Waals surface area contributed by atoms with Gasteiger partial charge in [0.25, 0.3) is 11.7 Å². The summed E-state index contributed by atoms with van der Waals surface area (Å²) in [4.78, 5) is 20.7. The van der Waals surface area contributed by atoms with Crippen molar-refractivity contribution in [3.05, 3.63) is 96.2 Å². The quantitative estimate of drug-likeness (QED) is 0.761. The molecule has 0 saturated carbocycles. The molecule has 1 aromatic heterocycles. The van der Waals surface area contributed by atoms with E-state index >= 15 is 0 Å². The van der Waals surface area contributed by atoms with E-state index in [9.17, 15) is 9.90 Å². The van der Waals surface area contributed by atoms with Gasteiger partial charge in [0.15, 0.2) is 5.60 Å². The molecule has 0 atom stereocenters. The van der Waals surface area contributed by atoms with Crippen molar-refractivity contribution >= 4 is 11.7 Å². The Morgan fingerprint density at radius 3 is 1.82 bits per heavy atom. The maximum atomic E-state index is 13.5. The lowest BCUT2D eigenvalue weighted by atomic mass is 9.85. The van der Waals surface area contributed by atoms with Gasteiger partial charge in [-0.15, -0.1) is 0 Å². The van der Waals surface area contributed by atoms with Crippen LogP contribution in [0.15, 0.2) is 85.1 Å². The summed E-state index contributed by atoms with van der Waals surface area (Å²) < 4.78 is 0. The molecule has 1 fully saturated rings. The van der Waals surface area contributed by atoms with Crippen molar-refractivity contribution in [3.8, 4) is 0 Å². The first-order chi connectivity index (χ1) is 13.7. The number of amides is 1. The third-order valence-corrected chi connectivity index (χ3v) is 5.29. The highest BCUT2D eigenvalue weighted by molar-refractivity contribution is 5.90. The number of carbonyl (C=O) groups excluding carboxylic acids is 1. The van der Waals surface area contributed by atoms with Crippen LogP contribution in [0.1, 0.15) is 11.1 Å². The molecule has 0 unspecified atom stereocenters. The number of nitrogens with zero attached hydrogens (tertiary/aromatic N) is 2. The first-order valence-electron chi connectivity index (χ1n) is 9.54. The molecule has 0 spiro atoms. The van der Waals surface area contributed by atoms with Crippen molar-refractivity contribution in [2.45, 2.75) is 5.60 Å². The Bertz CT molecular complexity index is 869. The van der Waals surface area contributed by atoms with Crippen molar-refractivity contribution < 1.29 is 14.9 Å². The van der Waals surface area contributed by atoms with Crippen molar-refractivity contribution in [2.75, 3.05) is 31.1 Å². The molecule has 0 aliphatic carbocycles. The van der Waals surface area contributed by atoms with Gasteiger partial charge in [0.2, 0.25) is 0 Å². The molecular formula is C23H24N3O2+. The molecule has 3 aromatic rings. The molecule has 1 saturated heterocycles. The Morgan fingerprint density at radius 2 is 1.32 bits per heavy atom. The van der Waals surface area contributed by atoms with Crippen LogP contribution in [0.4, 0.5) is 5.82 Å². The number of nitrogens with one attached hydrogen (secondary N) is 1. The van der Waals surface area contributed by atoms with Gasteiger partial charge in [-0.2, -0.15) is 0 Å². The smallest absolute Gasteiger partial charge is 0.274 e. The summed E-state index contributed by atoms with van der Waals surface area (Å²) >= 11 is 0. The molecule has 5 nitrogen and oxygen atoms in total. The minimum absolute atomic E-state index is 0.276. The van der Waals surface area contributed by atoms with Crippen LogP contribution in [0.25, 0.3) is 0 Å². The summed E-state index contributed by atoms with van der Waals surface area (Å²) in [5.41, 5.74) is -0.515. The fourth-order valence-electron chi connectivity index (χ4n) is 3.73. The Hall–Kier alpha value is -3.18. The van der Waals surface area contributed by atoms with E-state index in [1.54, 1.807) is 29.2 Å². The van der Waals surface area contributed by atoms with Crippen molar-refractivity contribution in [3.63, 3.8) is 0 Å². The van der Waals surface area contributed by atoms with E-state index in [2.05, 4.69) is 9.88 Å². The zero-order valence-electron chi connectivity index (χ0n) is 15.7. The number of rotatable bonds is 4. The summed E-state index contributed by atoms with van der Waals surface area (Å²) in [6, 6.07) is 24.3. The molecule has 0 radical (unpaired) electrons. The third kappa shape index (κ3) is 3.37. The Balaban J connectivity index is 1.59. The lowest BCUT2D eigenvalue weighted by Gasteiger charge is -2.37. The molecule has 28 heavy (non-hydrogen) atoms. The van der Waals surface area contributed by atoms with E-state index in [0.717, 1.165) is 5.82 Å². The molecule has 2 heterocycles. The Labute approximate surface area is 164 Å². The maximum absolute atomic E-state index is 13.5. The number of hydrogen-bond acceptors (Lipinski definition) is 3. The van der Waals surface area contributed by atoms with Gasteiger partial charge in [-0.25, -0.2) is 4.98 Å². The van der Waals surface area contributed by atoms with Gasteiger partial charge < -0.3 is 10.0 Å². The summed E-state index contributed by atoms with van der Waals surface area (Å²) in [6.45, 7) is 2.55. The van der Waals surface area contributed by atoms with Crippen LogP contribution >= 0.6 is 0 Å². The molecule has 4 rings (SSSR count). The van der Waals surface area contributed by atoms with E-state index in [0.29, 0.717) is 37.3 Å². The first-order valence-corrected chi connectivity index (χ1v) is 9.54. The molecule has 142 valence electrons. The first kappa shape index (κ1) is 18.2. The zero-order valence-corrected chi connectivity index (χ0v) is 15.7. The number of aromatic amines is 1. The number of hydrogen-bond donors (Lipinski definition) is 1. The van der Waals surface area contributed by atoms with Crippen LogP contribution in [0.2, 0.25) is 0 Å². The second-order valence-corrected chi connectivity index (χ2v) is 6.97. The van der Waals surface area contributed by atoms with Gasteiger partial charge in [-0.3, -0.25) is 9.69 Å². The number of benzene rings is 2. The molecule has 2 N–H and O–H groups in total. The minimum atomic E-state index is -1.69. The van der Waals surface area contributed by atoms with Crippen molar-refractivity contribution in [1.82, 2.24) is 4.90 Å². The van der Waals surface area contributed by atoms with Crippen LogP contribution in [0.3, 0.4) is 0 Å². The monoisotopic (exact) mass is 374 g/mol. The van der Waals surface area contributed by atoms with Gasteiger partial charge in [-0.1, -0.05) is 66.7 Å². The number of carbonyl (C=O) groups is 1. The SMILES string of the molecule is O=C(N1CCN(c2cccc[nH+]2)CC1)C(O)(c1ccccc1)c1ccccc1. The number of piperazine rings is 1. The van der Waals surface area contributed by atoms with Crippen LogP contribution in [0.5, 0.6) is 0 Å². The summed E-state index contributed by atoms with van der Waals surface area (Å²) in [5, 5.41) is 11.6. The van der Waals surface area contributed by atoms with Gasteiger partial charge in [0.05, 0.1) is 19.3 Å².